The number of hydrogen-bond acceptors (Lipinski definition) is 5. The van der Waals surface area contributed by atoms with Gasteiger partial charge in [0.05, 0.1) is 15.7 Å². The van der Waals surface area contributed by atoms with Crippen LogP contribution in [0.4, 0.5) is 10.8 Å². The largest absolute Gasteiger partial charge is 0.348 e. The standard InChI is InChI=1S/C24H18N4OS/c29-23(26-15-16-5-2-1-3-6-16)18-8-10-21-22(14-18)30-24(28-21)27-19-9-11-20-17(13-19)7-4-12-25-20/h1-14H,15H2,(H,26,29)(H,27,28). The van der Waals surface area contributed by atoms with Crippen LogP contribution in [0.15, 0.2) is 85.1 Å². The van der Waals surface area contributed by atoms with Crippen LogP contribution in [0.1, 0.15) is 15.9 Å². The summed E-state index contributed by atoms with van der Waals surface area (Å²) >= 11 is 1.53. The van der Waals surface area contributed by atoms with E-state index in [2.05, 4.69) is 26.7 Å². The number of thiazole rings is 1. The number of fused-ring (bicyclic) bond motifs is 2. The SMILES string of the molecule is O=C(NCc1ccccc1)c1ccc2nc(Nc3ccc4ncccc4c3)sc2c1. The Morgan fingerprint density at radius 2 is 1.77 bits per heavy atom. The maximum Gasteiger partial charge on any atom is 0.251 e. The number of nitrogens with one attached hydrogen (secondary N) is 2. The molecule has 0 fully saturated rings. The second-order valence-electron chi connectivity index (χ2n) is 6.91. The Labute approximate surface area is 177 Å². The van der Waals surface area contributed by atoms with Crippen LogP contribution in [0, 0.1) is 0 Å². The van der Waals surface area contributed by atoms with Crippen molar-refractivity contribution in [3.8, 4) is 0 Å². The lowest BCUT2D eigenvalue weighted by molar-refractivity contribution is 0.0951. The fraction of sp³-hybridized carbons (Fsp3) is 0.0417. The van der Waals surface area contributed by atoms with Gasteiger partial charge in [0.1, 0.15) is 0 Å². The summed E-state index contributed by atoms with van der Waals surface area (Å²) in [5.41, 5.74) is 4.48. The number of benzene rings is 3. The average molecular weight is 411 g/mol. The Morgan fingerprint density at radius 3 is 2.67 bits per heavy atom. The predicted molar refractivity (Wildman–Crippen MR) is 122 cm³/mol. The zero-order valence-electron chi connectivity index (χ0n) is 16.0. The quantitative estimate of drug-likeness (QED) is 0.400. The van der Waals surface area contributed by atoms with Crippen molar-refractivity contribution in [2.24, 2.45) is 0 Å². The molecule has 6 heteroatoms. The Bertz CT molecular complexity index is 1350. The molecule has 0 spiro atoms. The van der Waals surface area contributed by atoms with Crippen LogP contribution in [-0.2, 0) is 6.54 Å². The van der Waals surface area contributed by atoms with Crippen LogP contribution in [0.25, 0.3) is 21.1 Å². The minimum Gasteiger partial charge on any atom is -0.348 e. The van der Waals surface area contributed by atoms with Gasteiger partial charge in [0.25, 0.3) is 5.91 Å². The van der Waals surface area contributed by atoms with Crippen molar-refractivity contribution < 1.29 is 4.79 Å². The third-order valence-corrected chi connectivity index (χ3v) is 5.73. The van der Waals surface area contributed by atoms with Gasteiger partial charge in [-0.05, 0) is 48.0 Å². The highest BCUT2D eigenvalue weighted by molar-refractivity contribution is 7.22. The second-order valence-corrected chi connectivity index (χ2v) is 7.94. The van der Waals surface area contributed by atoms with Crippen LogP contribution in [-0.4, -0.2) is 15.9 Å². The topological polar surface area (TPSA) is 66.9 Å². The van der Waals surface area contributed by atoms with E-state index in [4.69, 9.17) is 0 Å². The van der Waals surface area contributed by atoms with Crippen LogP contribution in [0.5, 0.6) is 0 Å². The van der Waals surface area contributed by atoms with Gasteiger partial charge >= 0.3 is 0 Å². The van der Waals surface area contributed by atoms with Crippen molar-refractivity contribution in [1.82, 2.24) is 15.3 Å². The number of pyridine rings is 1. The van der Waals surface area contributed by atoms with E-state index in [0.29, 0.717) is 12.1 Å². The summed E-state index contributed by atoms with van der Waals surface area (Å²) in [5.74, 6) is -0.0920. The van der Waals surface area contributed by atoms with E-state index in [1.54, 1.807) is 6.20 Å². The molecule has 2 heterocycles. The highest BCUT2D eigenvalue weighted by Crippen LogP contribution is 2.30. The van der Waals surface area contributed by atoms with E-state index in [-0.39, 0.29) is 5.91 Å². The van der Waals surface area contributed by atoms with Crippen molar-refractivity contribution in [2.45, 2.75) is 6.54 Å². The monoisotopic (exact) mass is 410 g/mol. The van der Waals surface area contributed by atoms with Crippen LogP contribution >= 0.6 is 11.3 Å². The molecule has 1 amide bonds. The molecule has 3 aromatic carbocycles. The fourth-order valence-electron chi connectivity index (χ4n) is 3.28. The maximum absolute atomic E-state index is 12.5. The molecular formula is C24H18N4OS. The lowest BCUT2D eigenvalue weighted by Gasteiger charge is -2.05. The second kappa shape index (κ2) is 7.93. The number of rotatable bonds is 5. The molecule has 0 bridgehead atoms. The van der Waals surface area contributed by atoms with Gasteiger partial charge in [0.2, 0.25) is 0 Å². The predicted octanol–water partition coefficient (Wildman–Crippen LogP) is 5.52. The Hall–Kier alpha value is -3.77. The smallest absolute Gasteiger partial charge is 0.251 e. The highest BCUT2D eigenvalue weighted by atomic mass is 32.1. The first kappa shape index (κ1) is 18.3. The van der Waals surface area contributed by atoms with Gasteiger partial charge in [-0.15, -0.1) is 0 Å². The molecule has 2 N–H and O–H groups in total. The first-order chi connectivity index (χ1) is 14.7. The Kier molecular flexibility index (Phi) is 4.83. The molecular weight excluding hydrogens is 392 g/mol. The van der Waals surface area contributed by atoms with Crippen LogP contribution in [0.2, 0.25) is 0 Å². The molecule has 0 atom stereocenters. The van der Waals surface area contributed by atoms with Crippen molar-refractivity contribution >= 4 is 49.2 Å². The lowest BCUT2D eigenvalue weighted by atomic mass is 10.2. The zero-order chi connectivity index (χ0) is 20.3. The normalized spacial score (nSPS) is 10.9. The zero-order valence-corrected chi connectivity index (χ0v) is 16.8. The number of hydrogen-bond donors (Lipinski definition) is 2. The average Bonchev–Trinajstić information content (AvgIpc) is 3.19. The molecule has 5 rings (SSSR count). The third kappa shape index (κ3) is 3.86. The van der Waals surface area contributed by atoms with Gasteiger partial charge in [-0.3, -0.25) is 9.78 Å². The first-order valence-corrected chi connectivity index (χ1v) is 10.4. The Balaban J connectivity index is 1.33. The van der Waals surface area contributed by atoms with Gasteiger partial charge in [0.15, 0.2) is 5.13 Å². The fourth-order valence-corrected chi connectivity index (χ4v) is 4.20. The number of aromatic nitrogens is 2. The van der Waals surface area contributed by atoms with Crippen LogP contribution in [0.3, 0.4) is 0 Å². The van der Waals surface area contributed by atoms with Gasteiger partial charge in [-0.25, -0.2) is 4.98 Å². The van der Waals surface area contributed by atoms with Gasteiger partial charge in [0, 0.05) is 29.4 Å². The van der Waals surface area contributed by atoms with E-state index in [0.717, 1.165) is 37.5 Å². The van der Waals surface area contributed by atoms with E-state index in [9.17, 15) is 4.79 Å². The highest BCUT2D eigenvalue weighted by Gasteiger charge is 2.10. The molecule has 5 nitrogen and oxygen atoms in total. The summed E-state index contributed by atoms with van der Waals surface area (Å²) in [4.78, 5) is 21.5. The number of carbonyl (C=O) groups is 1. The minimum atomic E-state index is -0.0920. The molecule has 2 aromatic heterocycles. The van der Waals surface area contributed by atoms with E-state index in [1.807, 2.05) is 72.8 Å². The van der Waals surface area contributed by atoms with E-state index < -0.39 is 0 Å². The first-order valence-electron chi connectivity index (χ1n) is 9.59. The molecule has 0 saturated carbocycles. The van der Waals surface area contributed by atoms with Crippen molar-refractivity contribution in [1.29, 1.82) is 0 Å². The molecule has 30 heavy (non-hydrogen) atoms. The number of amides is 1. The van der Waals surface area contributed by atoms with Gasteiger partial charge < -0.3 is 10.6 Å². The lowest BCUT2D eigenvalue weighted by Crippen LogP contribution is -2.22. The molecule has 0 saturated heterocycles. The van der Waals surface area contributed by atoms with Crippen molar-refractivity contribution in [3.63, 3.8) is 0 Å². The van der Waals surface area contributed by atoms with Crippen molar-refractivity contribution in [2.75, 3.05) is 5.32 Å². The molecule has 146 valence electrons. The number of nitrogens with zero attached hydrogens (tertiary/aromatic N) is 2. The maximum atomic E-state index is 12.5. The minimum absolute atomic E-state index is 0.0920. The summed E-state index contributed by atoms with van der Waals surface area (Å²) in [7, 11) is 0. The number of carbonyl (C=O) groups excluding carboxylic acids is 1. The summed E-state index contributed by atoms with van der Waals surface area (Å²) in [6, 6.07) is 25.5. The summed E-state index contributed by atoms with van der Waals surface area (Å²) in [6.07, 6.45) is 1.79. The summed E-state index contributed by atoms with van der Waals surface area (Å²) in [6.45, 7) is 0.504. The molecule has 0 radical (unpaired) electrons. The van der Waals surface area contributed by atoms with E-state index in [1.165, 1.54) is 11.3 Å². The molecule has 0 unspecified atom stereocenters. The third-order valence-electron chi connectivity index (χ3n) is 4.80. The number of anilines is 2. The molecule has 0 aliphatic heterocycles. The molecule has 5 aromatic rings. The van der Waals surface area contributed by atoms with Gasteiger partial charge in [-0.1, -0.05) is 47.7 Å². The summed E-state index contributed by atoms with van der Waals surface area (Å²) < 4.78 is 0.965. The summed E-state index contributed by atoms with van der Waals surface area (Å²) in [5, 5.41) is 8.18. The van der Waals surface area contributed by atoms with E-state index >= 15 is 0 Å². The van der Waals surface area contributed by atoms with Crippen LogP contribution < -0.4 is 10.6 Å². The molecule has 0 aliphatic carbocycles. The Morgan fingerprint density at radius 1 is 0.900 bits per heavy atom. The molecule has 0 aliphatic rings. The van der Waals surface area contributed by atoms with Crippen molar-refractivity contribution in [3.05, 3.63) is 96.2 Å². The van der Waals surface area contributed by atoms with Gasteiger partial charge in [-0.2, -0.15) is 0 Å².